The first-order valence-corrected chi connectivity index (χ1v) is 11.1. The first-order chi connectivity index (χ1) is 13.6. The molecule has 1 amide bonds. The lowest BCUT2D eigenvalue weighted by molar-refractivity contribution is -0.122. The van der Waals surface area contributed by atoms with E-state index in [1.165, 1.54) is 57.8 Å². The van der Waals surface area contributed by atoms with Crippen LogP contribution in [0.15, 0.2) is 18.2 Å². The Bertz CT molecular complexity index is 575. The molecule has 158 valence electrons. The summed E-state index contributed by atoms with van der Waals surface area (Å²) in [6, 6.07) is 6.15. The number of rotatable bonds is 6. The molecule has 1 aromatic rings. The Labute approximate surface area is 171 Å². The van der Waals surface area contributed by atoms with Crippen molar-refractivity contribution >= 4 is 5.91 Å². The maximum atomic E-state index is 12.7. The molecule has 2 rings (SSSR count). The zero-order chi connectivity index (χ0) is 20.2. The highest BCUT2D eigenvalue weighted by Crippen LogP contribution is 2.32. The minimum atomic E-state index is 0.104. The fraction of sp³-hybridized carbons (Fsp3) is 0.708. The largest absolute Gasteiger partial charge is 0.497 e. The van der Waals surface area contributed by atoms with E-state index < -0.39 is 0 Å². The molecule has 0 bridgehead atoms. The van der Waals surface area contributed by atoms with E-state index in [1.807, 2.05) is 18.2 Å². The third-order valence-electron chi connectivity index (χ3n) is 5.93. The molecule has 28 heavy (non-hydrogen) atoms. The quantitative estimate of drug-likeness (QED) is 0.650. The Hall–Kier alpha value is -1.71. The summed E-state index contributed by atoms with van der Waals surface area (Å²) in [5, 5.41) is 3.33. The maximum Gasteiger partial charge on any atom is 0.220 e. The second-order valence-electron chi connectivity index (χ2n) is 8.24. The molecule has 1 fully saturated rings. The van der Waals surface area contributed by atoms with Crippen LogP contribution in [0.2, 0.25) is 0 Å². The van der Waals surface area contributed by atoms with Gasteiger partial charge in [0.2, 0.25) is 5.91 Å². The Balaban J connectivity index is 1.89. The van der Waals surface area contributed by atoms with Crippen LogP contribution in [-0.2, 0) is 4.79 Å². The SMILES string of the molecule is COc1ccc(C(C)CC(=O)NC2CCCCCCCCCCC2)c(OC)c1. The molecule has 4 heteroatoms. The molecule has 4 nitrogen and oxygen atoms in total. The third-order valence-corrected chi connectivity index (χ3v) is 5.93. The lowest BCUT2D eigenvalue weighted by atomic mass is 9.95. The summed E-state index contributed by atoms with van der Waals surface area (Å²) < 4.78 is 10.8. The van der Waals surface area contributed by atoms with Crippen molar-refractivity contribution in [2.75, 3.05) is 14.2 Å². The normalized spacial score (nSPS) is 18.4. The summed E-state index contributed by atoms with van der Waals surface area (Å²) in [5.41, 5.74) is 1.05. The van der Waals surface area contributed by atoms with Crippen molar-refractivity contribution in [3.8, 4) is 11.5 Å². The molecule has 0 heterocycles. The molecule has 0 radical (unpaired) electrons. The lowest BCUT2D eigenvalue weighted by Crippen LogP contribution is -2.35. The molecule has 1 aromatic carbocycles. The topological polar surface area (TPSA) is 47.6 Å². The summed E-state index contributed by atoms with van der Waals surface area (Å²) in [6.45, 7) is 2.09. The minimum absolute atomic E-state index is 0.104. The standard InChI is InChI=1S/C24H39NO3/c1-19(22-16-15-21(27-2)18-23(22)28-3)17-24(26)25-20-13-11-9-7-5-4-6-8-10-12-14-20/h15-16,18-20H,4-14,17H2,1-3H3,(H,25,26). The van der Waals surface area contributed by atoms with Crippen molar-refractivity contribution in [3.05, 3.63) is 23.8 Å². The first kappa shape index (κ1) is 22.6. The van der Waals surface area contributed by atoms with Crippen LogP contribution in [0.3, 0.4) is 0 Å². The Morgan fingerprint density at radius 3 is 2.07 bits per heavy atom. The molecular formula is C24H39NO3. The van der Waals surface area contributed by atoms with Gasteiger partial charge < -0.3 is 14.8 Å². The van der Waals surface area contributed by atoms with E-state index in [0.29, 0.717) is 12.5 Å². The highest BCUT2D eigenvalue weighted by Gasteiger charge is 2.18. The van der Waals surface area contributed by atoms with Crippen LogP contribution in [-0.4, -0.2) is 26.2 Å². The van der Waals surface area contributed by atoms with Gasteiger partial charge in [0, 0.05) is 18.5 Å². The zero-order valence-corrected chi connectivity index (χ0v) is 18.1. The van der Waals surface area contributed by atoms with Gasteiger partial charge in [0.25, 0.3) is 0 Å². The van der Waals surface area contributed by atoms with Crippen molar-refractivity contribution in [1.29, 1.82) is 0 Å². The van der Waals surface area contributed by atoms with Crippen molar-refractivity contribution in [3.63, 3.8) is 0 Å². The van der Waals surface area contributed by atoms with Crippen LogP contribution in [0, 0.1) is 0 Å². The molecule has 1 aliphatic rings. The second-order valence-corrected chi connectivity index (χ2v) is 8.24. The van der Waals surface area contributed by atoms with Crippen LogP contribution in [0.25, 0.3) is 0 Å². The predicted molar refractivity (Wildman–Crippen MR) is 115 cm³/mol. The van der Waals surface area contributed by atoms with E-state index in [2.05, 4.69) is 12.2 Å². The first-order valence-electron chi connectivity index (χ1n) is 11.1. The lowest BCUT2D eigenvalue weighted by Gasteiger charge is -2.21. The van der Waals surface area contributed by atoms with Gasteiger partial charge in [-0.25, -0.2) is 0 Å². The number of methoxy groups -OCH3 is 2. The van der Waals surface area contributed by atoms with E-state index in [1.54, 1.807) is 14.2 Å². The minimum Gasteiger partial charge on any atom is -0.497 e. The number of hydrogen-bond acceptors (Lipinski definition) is 3. The molecule has 1 saturated carbocycles. The number of carbonyl (C=O) groups excluding carboxylic acids is 1. The number of hydrogen-bond donors (Lipinski definition) is 1. The van der Waals surface area contributed by atoms with Gasteiger partial charge >= 0.3 is 0 Å². The highest BCUT2D eigenvalue weighted by atomic mass is 16.5. The molecule has 0 aromatic heterocycles. The fourth-order valence-electron chi connectivity index (χ4n) is 4.21. The highest BCUT2D eigenvalue weighted by molar-refractivity contribution is 5.77. The van der Waals surface area contributed by atoms with Gasteiger partial charge in [0.05, 0.1) is 14.2 Å². The maximum absolute atomic E-state index is 12.7. The Kier molecular flexibility index (Phi) is 10.2. The number of nitrogens with one attached hydrogen (secondary N) is 1. The molecule has 1 atom stereocenters. The Morgan fingerprint density at radius 2 is 1.54 bits per heavy atom. The smallest absolute Gasteiger partial charge is 0.220 e. The molecule has 0 aliphatic heterocycles. The van der Waals surface area contributed by atoms with E-state index >= 15 is 0 Å². The zero-order valence-electron chi connectivity index (χ0n) is 18.1. The van der Waals surface area contributed by atoms with Gasteiger partial charge in [-0.15, -0.1) is 0 Å². The summed E-state index contributed by atoms with van der Waals surface area (Å²) in [6.07, 6.45) is 14.6. The summed E-state index contributed by atoms with van der Waals surface area (Å²) in [4.78, 5) is 12.7. The number of benzene rings is 1. The van der Waals surface area contributed by atoms with Crippen LogP contribution in [0.4, 0.5) is 0 Å². The summed E-state index contributed by atoms with van der Waals surface area (Å²) >= 11 is 0. The fourth-order valence-corrected chi connectivity index (χ4v) is 4.21. The molecular weight excluding hydrogens is 350 g/mol. The van der Waals surface area contributed by atoms with Gasteiger partial charge in [0.1, 0.15) is 11.5 Å². The number of carbonyl (C=O) groups is 1. The monoisotopic (exact) mass is 389 g/mol. The predicted octanol–water partition coefficient (Wildman–Crippen LogP) is 5.99. The van der Waals surface area contributed by atoms with E-state index in [9.17, 15) is 4.79 Å². The van der Waals surface area contributed by atoms with Gasteiger partial charge in [-0.1, -0.05) is 70.8 Å². The molecule has 0 spiro atoms. The Morgan fingerprint density at radius 1 is 0.964 bits per heavy atom. The van der Waals surface area contributed by atoms with Crippen molar-refractivity contribution in [1.82, 2.24) is 5.32 Å². The van der Waals surface area contributed by atoms with Gasteiger partial charge in [-0.3, -0.25) is 4.79 Å². The van der Waals surface area contributed by atoms with Crippen LogP contribution in [0.5, 0.6) is 11.5 Å². The molecule has 0 saturated heterocycles. The number of amides is 1. The average molecular weight is 390 g/mol. The van der Waals surface area contributed by atoms with Crippen LogP contribution < -0.4 is 14.8 Å². The van der Waals surface area contributed by atoms with Gasteiger partial charge in [-0.05, 0) is 30.4 Å². The van der Waals surface area contributed by atoms with Crippen LogP contribution >= 0.6 is 0 Å². The van der Waals surface area contributed by atoms with Gasteiger partial charge in [-0.2, -0.15) is 0 Å². The average Bonchev–Trinajstić information content (AvgIpc) is 2.69. The van der Waals surface area contributed by atoms with E-state index in [0.717, 1.165) is 29.9 Å². The summed E-state index contributed by atoms with van der Waals surface area (Å²) in [5.74, 6) is 1.81. The summed E-state index contributed by atoms with van der Waals surface area (Å²) in [7, 11) is 3.31. The van der Waals surface area contributed by atoms with Crippen molar-refractivity contribution < 1.29 is 14.3 Å². The molecule has 1 N–H and O–H groups in total. The third kappa shape index (κ3) is 7.73. The van der Waals surface area contributed by atoms with Crippen LogP contribution in [0.1, 0.15) is 95.5 Å². The molecule has 1 aliphatic carbocycles. The van der Waals surface area contributed by atoms with Crippen molar-refractivity contribution in [2.24, 2.45) is 0 Å². The van der Waals surface area contributed by atoms with Gasteiger partial charge in [0.15, 0.2) is 0 Å². The van der Waals surface area contributed by atoms with Crippen molar-refractivity contribution in [2.45, 2.75) is 95.9 Å². The second kappa shape index (κ2) is 12.7. The number of ether oxygens (including phenoxy) is 2. The van der Waals surface area contributed by atoms with E-state index in [-0.39, 0.29) is 11.8 Å². The molecule has 1 unspecified atom stereocenters. The van der Waals surface area contributed by atoms with E-state index in [4.69, 9.17) is 9.47 Å².